The van der Waals surface area contributed by atoms with Crippen LogP contribution >= 0.6 is 0 Å². The molecule has 0 radical (unpaired) electrons. The molecular weight excluding hydrogens is 222 g/mol. The lowest BCUT2D eigenvalue weighted by Gasteiger charge is -2.23. The maximum Gasteiger partial charge on any atom is 0.0739 e. The molecule has 0 amide bonds. The molecule has 1 aromatic carbocycles. The van der Waals surface area contributed by atoms with E-state index in [0.29, 0.717) is 5.92 Å². The first kappa shape index (κ1) is 15.2. The third kappa shape index (κ3) is 4.79. The third-order valence-electron chi connectivity index (χ3n) is 3.39. The largest absolute Gasteiger partial charge is 0.376 e. The molecule has 0 saturated heterocycles. The summed E-state index contributed by atoms with van der Waals surface area (Å²) in [5, 5.41) is 0. The highest BCUT2D eigenvalue weighted by Gasteiger charge is 2.16. The average molecular weight is 249 g/mol. The number of rotatable bonds is 7. The van der Waals surface area contributed by atoms with Gasteiger partial charge in [-0.2, -0.15) is 0 Å². The first-order chi connectivity index (χ1) is 8.54. The van der Waals surface area contributed by atoms with Crippen molar-refractivity contribution in [3.05, 3.63) is 35.4 Å². The molecule has 1 aromatic rings. The maximum atomic E-state index is 6.22. The summed E-state index contributed by atoms with van der Waals surface area (Å²) in [7, 11) is 0. The molecule has 102 valence electrons. The molecular formula is C16H27NO. The summed E-state index contributed by atoms with van der Waals surface area (Å²) < 4.78 is 5.88. The van der Waals surface area contributed by atoms with Gasteiger partial charge in [-0.25, -0.2) is 0 Å². The van der Waals surface area contributed by atoms with Crippen LogP contribution in [0.2, 0.25) is 0 Å². The van der Waals surface area contributed by atoms with E-state index in [1.807, 2.05) is 0 Å². The van der Waals surface area contributed by atoms with Gasteiger partial charge < -0.3 is 10.5 Å². The summed E-state index contributed by atoms with van der Waals surface area (Å²) in [6.07, 6.45) is 2.49. The van der Waals surface area contributed by atoms with Gasteiger partial charge in [-0.05, 0) is 31.7 Å². The van der Waals surface area contributed by atoms with Crippen LogP contribution in [0.15, 0.2) is 24.3 Å². The average Bonchev–Trinajstić information content (AvgIpc) is 2.36. The fourth-order valence-electron chi connectivity index (χ4n) is 2.06. The van der Waals surface area contributed by atoms with E-state index in [1.54, 1.807) is 0 Å². The highest BCUT2D eigenvalue weighted by molar-refractivity contribution is 5.24. The standard InChI is InChI=1S/C16H27NO/c1-5-6-13(3)11-18-14(4)16(17)15-9-7-12(2)8-10-15/h7-10,13-14,16H,5-6,11,17H2,1-4H3. The second-order valence-corrected chi connectivity index (χ2v) is 5.37. The number of aryl methyl sites for hydroxylation is 1. The van der Waals surface area contributed by atoms with Gasteiger partial charge in [0.05, 0.1) is 12.1 Å². The first-order valence-electron chi connectivity index (χ1n) is 6.98. The van der Waals surface area contributed by atoms with E-state index in [0.717, 1.165) is 12.2 Å². The van der Waals surface area contributed by atoms with E-state index in [2.05, 4.69) is 52.0 Å². The monoisotopic (exact) mass is 249 g/mol. The molecule has 0 aliphatic heterocycles. The van der Waals surface area contributed by atoms with Crippen molar-refractivity contribution in [2.45, 2.75) is 52.7 Å². The van der Waals surface area contributed by atoms with Crippen LogP contribution in [-0.2, 0) is 4.74 Å². The number of benzene rings is 1. The minimum atomic E-state index is -0.0422. The Kier molecular flexibility index (Phi) is 6.37. The number of hydrogen-bond acceptors (Lipinski definition) is 2. The molecule has 2 nitrogen and oxygen atoms in total. The van der Waals surface area contributed by atoms with Crippen LogP contribution in [0.25, 0.3) is 0 Å². The molecule has 0 heterocycles. The van der Waals surface area contributed by atoms with Crippen molar-refractivity contribution in [1.82, 2.24) is 0 Å². The molecule has 0 aromatic heterocycles. The lowest BCUT2D eigenvalue weighted by atomic mass is 10.0. The normalized spacial score (nSPS) is 16.3. The van der Waals surface area contributed by atoms with E-state index in [4.69, 9.17) is 10.5 Å². The van der Waals surface area contributed by atoms with Crippen molar-refractivity contribution in [3.63, 3.8) is 0 Å². The van der Waals surface area contributed by atoms with Crippen molar-refractivity contribution in [2.75, 3.05) is 6.61 Å². The minimum Gasteiger partial charge on any atom is -0.376 e. The van der Waals surface area contributed by atoms with E-state index in [1.165, 1.54) is 18.4 Å². The topological polar surface area (TPSA) is 35.2 Å². The van der Waals surface area contributed by atoms with E-state index in [9.17, 15) is 0 Å². The maximum absolute atomic E-state index is 6.22. The smallest absolute Gasteiger partial charge is 0.0739 e. The minimum absolute atomic E-state index is 0.0422. The van der Waals surface area contributed by atoms with Crippen LogP contribution in [0.1, 0.15) is 50.8 Å². The molecule has 0 aliphatic rings. The Labute approximate surface area is 112 Å². The molecule has 0 spiro atoms. The van der Waals surface area contributed by atoms with Crippen LogP contribution in [0.3, 0.4) is 0 Å². The SMILES string of the molecule is CCCC(C)COC(C)C(N)c1ccc(C)cc1. The van der Waals surface area contributed by atoms with Crippen LogP contribution in [0, 0.1) is 12.8 Å². The molecule has 2 N–H and O–H groups in total. The molecule has 18 heavy (non-hydrogen) atoms. The lowest BCUT2D eigenvalue weighted by Crippen LogP contribution is -2.27. The second kappa shape index (κ2) is 7.55. The summed E-state index contributed by atoms with van der Waals surface area (Å²) >= 11 is 0. The Bertz CT molecular complexity index is 333. The lowest BCUT2D eigenvalue weighted by molar-refractivity contribution is 0.0264. The van der Waals surface area contributed by atoms with Gasteiger partial charge in [-0.1, -0.05) is 50.1 Å². The molecule has 0 aliphatic carbocycles. The Balaban J connectivity index is 2.45. The Morgan fingerprint density at radius 3 is 2.33 bits per heavy atom. The van der Waals surface area contributed by atoms with Gasteiger partial charge in [-0.3, -0.25) is 0 Å². The summed E-state index contributed by atoms with van der Waals surface area (Å²) in [4.78, 5) is 0. The predicted octanol–water partition coefficient (Wildman–Crippen LogP) is 3.84. The van der Waals surface area contributed by atoms with Crippen LogP contribution in [0.5, 0.6) is 0 Å². The van der Waals surface area contributed by atoms with Gasteiger partial charge in [0.15, 0.2) is 0 Å². The van der Waals surface area contributed by atoms with Gasteiger partial charge in [-0.15, -0.1) is 0 Å². The van der Waals surface area contributed by atoms with E-state index < -0.39 is 0 Å². The fraction of sp³-hybridized carbons (Fsp3) is 0.625. The number of nitrogens with two attached hydrogens (primary N) is 1. The molecule has 0 bridgehead atoms. The first-order valence-corrected chi connectivity index (χ1v) is 6.98. The second-order valence-electron chi connectivity index (χ2n) is 5.37. The molecule has 0 fully saturated rings. The van der Waals surface area contributed by atoms with Crippen LogP contribution in [0.4, 0.5) is 0 Å². The van der Waals surface area contributed by atoms with Gasteiger partial charge >= 0.3 is 0 Å². The zero-order valence-corrected chi connectivity index (χ0v) is 12.1. The molecule has 2 heteroatoms. The van der Waals surface area contributed by atoms with E-state index >= 15 is 0 Å². The molecule has 0 saturated carbocycles. The molecule has 1 rings (SSSR count). The Hall–Kier alpha value is -0.860. The Morgan fingerprint density at radius 2 is 1.78 bits per heavy atom. The van der Waals surface area contributed by atoms with Crippen LogP contribution < -0.4 is 5.73 Å². The number of ether oxygens (including phenoxy) is 1. The predicted molar refractivity (Wildman–Crippen MR) is 77.6 cm³/mol. The third-order valence-corrected chi connectivity index (χ3v) is 3.39. The van der Waals surface area contributed by atoms with E-state index in [-0.39, 0.29) is 12.1 Å². The van der Waals surface area contributed by atoms with Crippen molar-refractivity contribution in [1.29, 1.82) is 0 Å². The van der Waals surface area contributed by atoms with Gasteiger partial charge in [0.1, 0.15) is 0 Å². The van der Waals surface area contributed by atoms with Gasteiger partial charge in [0, 0.05) is 6.61 Å². The molecule has 3 atom stereocenters. The zero-order valence-electron chi connectivity index (χ0n) is 12.1. The van der Waals surface area contributed by atoms with Crippen molar-refractivity contribution in [3.8, 4) is 0 Å². The van der Waals surface area contributed by atoms with Gasteiger partial charge in [0.2, 0.25) is 0 Å². The summed E-state index contributed by atoms with van der Waals surface area (Å²) in [6, 6.07) is 8.34. The van der Waals surface area contributed by atoms with Crippen molar-refractivity contribution >= 4 is 0 Å². The summed E-state index contributed by atoms with van der Waals surface area (Å²) in [5.41, 5.74) is 8.63. The van der Waals surface area contributed by atoms with Crippen LogP contribution in [-0.4, -0.2) is 12.7 Å². The van der Waals surface area contributed by atoms with Crippen molar-refractivity contribution < 1.29 is 4.74 Å². The number of hydrogen-bond donors (Lipinski definition) is 1. The fourth-order valence-corrected chi connectivity index (χ4v) is 2.06. The van der Waals surface area contributed by atoms with Crippen molar-refractivity contribution in [2.24, 2.45) is 11.7 Å². The highest BCUT2D eigenvalue weighted by Crippen LogP contribution is 2.18. The highest BCUT2D eigenvalue weighted by atomic mass is 16.5. The molecule has 3 unspecified atom stereocenters. The summed E-state index contributed by atoms with van der Waals surface area (Å²) in [5.74, 6) is 0.614. The Morgan fingerprint density at radius 1 is 1.17 bits per heavy atom. The summed E-state index contributed by atoms with van der Waals surface area (Å²) in [6.45, 7) is 9.38. The quantitative estimate of drug-likeness (QED) is 0.797. The van der Waals surface area contributed by atoms with Gasteiger partial charge in [0.25, 0.3) is 0 Å². The zero-order chi connectivity index (χ0) is 13.5.